The number of anilines is 1. The largest absolute Gasteiger partial charge is 0.514 e. The van der Waals surface area contributed by atoms with Gasteiger partial charge in [0.2, 0.25) is 5.95 Å². The minimum Gasteiger partial charge on any atom is -0.442 e. The van der Waals surface area contributed by atoms with Crippen LogP contribution < -0.4 is 10.1 Å². The van der Waals surface area contributed by atoms with E-state index in [9.17, 15) is 29.3 Å². The van der Waals surface area contributed by atoms with Gasteiger partial charge in [0, 0.05) is 34.5 Å². The second-order valence-electron chi connectivity index (χ2n) is 11.8. The van der Waals surface area contributed by atoms with Gasteiger partial charge in [-0.1, -0.05) is 22.3 Å². The van der Waals surface area contributed by atoms with E-state index in [1.807, 2.05) is 0 Å². The van der Waals surface area contributed by atoms with Crippen LogP contribution in [0, 0.1) is 10.1 Å². The molecule has 19 heteroatoms. The summed E-state index contributed by atoms with van der Waals surface area (Å²) in [6, 6.07) is 10.7. The molecule has 2 aromatic carbocycles. The van der Waals surface area contributed by atoms with Crippen molar-refractivity contribution in [2.45, 2.75) is 59.4 Å². The first-order chi connectivity index (χ1) is 22.9. The first-order valence-electron chi connectivity index (χ1n) is 14.2. The van der Waals surface area contributed by atoms with E-state index in [-0.39, 0.29) is 46.0 Å². The zero-order chi connectivity index (χ0) is 36.4. The molecule has 0 aliphatic rings. The molecule has 0 bridgehead atoms. The van der Waals surface area contributed by atoms with Crippen molar-refractivity contribution >= 4 is 41.6 Å². The number of nitrogens with zero attached hydrogens (tertiary/aromatic N) is 7. The maximum Gasteiger partial charge on any atom is 0.514 e. The van der Waals surface area contributed by atoms with Gasteiger partial charge < -0.3 is 18.9 Å². The Morgan fingerprint density at radius 2 is 1.61 bits per heavy atom. The van der Waals surface area contributed by atoms with Crippen LogP contribution in [0.2, 0.25) is 0 Å². The van der Waals surface area contributed by atoms with E-state index >= 15 is 0 Å². The summed E-state index contributed by atoms with van der Waals surface area (Å²) in [4.78, 5) is 76.6. The van der Waals surface area contributed by atoms with Crippen molar-refractivity contribution in [3.05, 3.63) is 80.8 Å². The van der Waals surface area contributed by atoms with Crippen LogP contribution >= 0.6 is 0 Å². The third-order valence-electron chi connectivity index (χ3n) is 5.44. The number of imide groups is 1. The number of carbonyl (C=O) groups is 4. The monoisotopic (exact) mass is 680 g/mol. The molecule has 1 heterocycles. The van der Waals surface area contributed by atoms with Crippen LogP contribution in [0.4, 0.5) is 31.7 Å². The van der Waals surface area contributed by atoms with Crippen LogP contribution in [0.5, 0.6) is 5.75 Å². The molecule has 0 radical (unpaired) electrons. The number of nitro groups is 1. The first-order valence-corrected chi connectivity index (χ1v) is 14.2. The maximum atomic E-state index is 12.7. The van der Waals surface area contributed by atoms with Crippen LogP contribution in [-0.4, -0.2) is 62.0 Å². The lowest BCUT2D eigenvalue weighted by atomic mass is 10.1. The zero-order valence-electron chi connectivity index (χ0n) is 27.2. The number of carbonyl (C=O) groups excluding carboxylic acids is 4. The average molecular weight is 681 g/mol. The number of azide groups is 1. The highest BCUT2D eigenvalue weighted by molar-refractivity contribution is 5.91. The molecule has 1 aromatic heterocycles. The highest BCUT2D eigenvalue weighted by atomic mass is 16.8. The number of hydroxylamine groups is 2. The van der Waals surface area contributed by atoms with Gasteiger partial charge in [0.15, 0.2) is 6.61 Å². The summed E-state index contributed by atoms with van der Waals surface area (Å²) >= 11 is 0. The second kappa shape index (κ2) is 16.0. The van der Waals surface area contributed by atoms with Crippen molar-refractivity contribution in [1.29, 1.82) is 0 Å². The van der Waals surface area contributed by atoms with E-state index < -0.39 is 47.0 Å². The molecular weight excluding hydrogens is 648 g/mol. The number of nitrogens with one attached hydrogen (secondary N) is 1. The summed E-state index contributed by atoms with van der Waals surface area (Å²) in [5, 5.41) is 17.0. The SMILES string of the molecule is CC(C)(C)OC(=O)N(OCC(=O)Nc1nccc(-c2cc(COC(=O)Oc3ccc([N+](=O)[O-])cc3)ccc2N=[N+]=[N-])n1)C(=O)OC(C)(C)C. The highest BCUT2D eigenvalue weighted by Gasteiger charge is 2.33. The summed E-state index contributed by atoms with van der Waals surface area (Å²) in [5.74, 6) is -1.05. The molecule has 258 valence electrons. The van der Waals surface area contributed by atoms with E-state index in [4.69, 9.17) is 29.3 Å². The molecular formula is C30H32N8O11. The van der Waals surface area contributed by atoms with E-state index in [1.54, 1.807) is 41.5 Å². The van der Waals surface area contributed by atoms with Crippen molar-refractivity contribution in [2.75, 3.05) is 11.9 Å². The van der Waals surface area contributed by atoms with Crippen LogP contribution in [0.15, 0.2) is 59.8 Å². The smallest absolute Gasteiger partial charge is 0.442 e. The topological polar surface area (TPSA) is 247 Å². The fraction of sp³-hybridized carbons (Fsp3) is 0.333. The summed E-state index contributed by atoms with van der Waals surface area (Å²) < 4.78 is 20.5. The summed E-state index contributed by atoms with van der Waals surface area (Å²) in [5.41, 5.74) is 7.93. The molecule has 0 fully saturated rings. The molecule has 1 N–H and O–H groups in total. The van der Waals surface area contributed by atoms with Crippen LogP contribution in [-0.2, 0) is 30.4 Å². The lowest BCUT2D eigenvalue weighted by Gasteiger charge is -2.27. The molecule has 0 saturated carbocycles. The molecule has 49 heavy (non-hydrogen) atoms. The Morgan fingerprint density at radius 3 is 2.18 bits per heavy atom. The lowest BCUT2D eigenvalue weighted by Crippen LogP contribution is -2.44. The van der Waals surface area contributed by atoms with E-state index in [2.05, 4.69) is 25.3 Å². The highest BCUT2D eigenvalue weighted by Crippen LogP contribution is 2.31. The molecule has 0 saturated heterocycles. The fourth-order valence-electron chi connectivity index (χ4n) is 3.56. The number of rotatable bonds is 10. The van der Waals surface area contributed by atoms with Crippen LogP contribution in [0.3, 0.4) is 0 Å². The van der Waals surface area contributed by atoms with E-state index in [0.29, 0.717) is 5.56 Å². The number of hydrogen-bond acceptors (Lipinski definition) is 14. The number of amides is 3. The Balaban J connectivity index is 1.72. The molecule has 3 aromatic rings. The van der Waals surface area contributed by atoms with E-state index in [1.165, 1.54) is 42.6 Å². The summed E-state index contributed by atoms with van der Waals surface area (Å²) in [6.07, 6.45) is -2.19. The Hall–Kier alpha value is -6.33. The van der Waals surface area contributed by atoms with Gasteiger partial charge in [0.05, 0.1) is 10.6 Å². The van der Waals surface area contributed by atoms with Crippen molar-refractivity contribution in [1.82, 2.24) is 15.0 Å². The zero-order valence-corrected chi connectivity index (χ0v) is 27.2. The van der Waals surface area contributed by atoms with Gasteiger partial charge in [-0.15, -0.1) is 0 Å². The summed E-state index contributed by atoms with van der Waals surface area (Å²) in [6.45, 7) is 8.31. The van der Waals surface area contributed by atoms with Crippen molar-refractivity contribution < 1.29 is 47.9 Å². The van der Waals surface area contributed by atoms with Gasteiger partial charge in [-0.3, -0.25) is 20.2 Å². The molecule has 0 aliphatic heterocycles. The summed E-state index contributed by atoms with van der Waals surface area (Å²) in [7, 11) is 0. The number of non-ortho nitro benzene ring substituents is 1. The van der Waals surface area contributed by atoms with Crippen LogP contribution in [0.25, 0.3) is 21.7 Å². The number of hydrogen-bond donors (Lipinski definition) is 1. The van der Waals surface area contributed by atoms with Crippen molar-refractivity contribution in [2.24, 2.45) is 5.11 Å². The van der Waals surface area contributed by atoms with Gasteiger partial charge in [-0.05, 0) is 76.9 Å². The lowest BCUT2D eigenvalue weighted by molar-refractivity contribution is -0.384. The predicted molar refractivity (Wildman–Crippen MR) is 169 cm³/mol. The molecule has 3 rings (SSSR count). The van der Waals surface area contributed by atoms with E-state index in [0.717, 1.165) is 12.1 Å². The number of benzene rings is 2. The molecule has 19 nitrogen and oxygen atoms in total. The fourth-order valence-corrected chi connectivity index (χ4v) is 3.56. The number of aromatic nitrogens is 2. The quantitative estimate of drug-likeness (QED) is 0.0340. The average Bonchev–Trinajstić information content (AvgIpc) is 2.99. The minimum absolute atomic E-state index is 0.0262. The van der Waals surface area contributed by atoms with Gasteiger partial charge >= 0.3 is 18.3 Å². The standard InChI is InChI=1S/C30H32N8O11/c1-29(2,3)48-26(40)37(27(41)49-30(4,5)6)46-17-24(39)34-25-32-14-13-22(33-25)21-15-18(7-12-23(21)35-36-31)16-45-28(42)47-20-10-8-19(9-11-20)38(43)44/h7-15H,16-17H2,1-6H3,(H,32,33,34,39). The third kappa shape index (κ3) is 12.1. The predicted octanol–water partition coefficient (Wildman–Crippen LogP) is 6.75. The maximum absolute atomic E-state index is 12.7. The normalized spacial score (nSPS) is 11.0. The van der Waals surface area contributed by atoms with Crippen molar-refractivity contribution in [3.8, 4) is 17.0 Å². The van der Waals surface area contributed by atoms with Gasteiger partial charge in [-0.2, -0.15) is 0 Å². The number of ether oxygens (including phenoxy) is 4. The Labute approximate surface area is 278 Å². The van der Waals surface area contributed by atoms with Crippen molar-refractivity contribution in [3.63, 3.8) is 0 Å². The van der Waals surface area contributed by atoms with Crippen LogP contribution in [0.1, 0.15) is 47.1 Å². The third-order valence-corrected chi connectivity index (χ3v) is 5.44. The molecule has 3 amide bonds. The molecule has 0 unspecified atom stereocenters. The minimum atomic E-state index is -1.21. The Kier molecular flexibility index (Phi) is 12.1. The van der Waals surface area contributed by atoms with Gasteiger partial charge in [0.1, 0.15) is 23.6 Å². The van der Waals surface area contributed by atoms with Gasteiger partial charge in [0.25, 0.3) is 11.6 Å². The Morgan fingerprint density at radius 1 is 0.980 bits per heavy atom. The first kappa shape index (κ1) is 37.1. The number of nitro benzene ring substituents is 1. The molecule has 0 atom stereocenters. The molecule has 0 aliphatic carbocycles. The second-order valence-corrected chi connectivity index (χ2v) is 11.8. The Bertz CT molecular complexity index is 1730. The molecule has 0 spiro atoms. The van der Waals surface area contributed by atoms with Gasteiger partial charge in [-0.25, -0.2) is 29.2 Å².